The third-order valence-electron chi connectivity index (χ3n) is 4.16. The maximum atomic E-state index is 11.6. The van der Waals surface area contributed by atoms with E-state index in [4.69, 9.17) is 5.73 Å². The lowest BCUT2D eigenvalue weighted by molar-refractivity contribution is 0.0996. The number of anilines is 3. The Bertz CT molecular complexity index is 719. The first-order valence-corrected chi connectivity index (χ1v) is 7.73. The highest BCUT2D eigenvalue weighted by molar-refractivity contribution is 5.96. The van der Waals surface area contributed by atoms with Crippen LogP contribution in [0.25, 0.3) is 0 Å². The predicted octanol–water partition coefficient (Wildman–Crippen LogP) is 1.35. The molecule has 0 saturated carbocycles. The summed E-state index contributed by atoms with van der Waals surface area (Å²) in [5.41, 5.74) is 7.27. The molecule has 0 aliphatic carbocycles. The van der Waals surface area contributed by atoms with E-state index < -0.39 is 5.91 Å². The Labute approximate surface area is 134 Å². The summed E-state index contributed by atoms with van der Waals surface area (Å²) < 4.78 is 1.74. The Morgan fingerprint density at radius 2 is 2.00 bits per heavy atom. The van der Waals surface area contributed by atoms with Gasteiger partial charge in [0.1, 0.15) is 5.82 Å². The average Bonchev–Trinajstić information content (AvgIpc) is 2.87. The molecule has 3 N–H and O–H groups in total. The number of primary amides is 1. The van der Waals surface area contributed by atoms with E-state index in [1.54, 1.807) is 17.1 Å². The van der Waals surface area contributed by atoms with Gasteiger partial charge in [-0.3, -0.25) is 9.48 Å². The van der Waals surface area contributed by atoms with Crippen LogP contribution in [0.3, 0.4) is 0 Å². The van der Waals surface area contributed by atoms with Gasteiger partial charge in [-0.25, -0.2) is 9.97 Å². The molecule has 0 atom stereocenters. The van der Waals surface area contributed by atoms with Crippen LogP contribution in [0.2, 0.25) is 0 Å². The lowest BCUT2D eigenvalue weighted by atomic mass is 10.1. The average molecular weight is 315 g/mol. The molecule has 1 fully saturated rings. The fourth-order valence-electron chi connectivity index (χ4n) is 2.67. The molecule has 0 bridgehead atoms. The third-order valence-corrected chi connectivity index (χ3v) is 4.16. The van der Waals surface area contributed by atoms with Crippen molar-refractivity contribution in [1.82, 2.24) is 19.7 Å². The van der Waals surface area contributed by atoms with Crippen LogP contribution in [0.1, 0.15) is 35.4 Å². The van der Waals surface area contributed by atoms with E-state index in [0.29, 0.717) is 5.82 Å². The highest BCUT2D eigenvalue weighted by atomic mass is 16.1. The minimum absolute atomic E-state index is 0.133. The number of nitrogens with one attached hydrogen (secondary N) is 1. The van der Waals surface area contributed by atoms with Gasteiger partial charge in [-0.2, -0.15) is 5.10 Å². The van der Waals surface area contributed by atoms with Gasteiger partial charge >= 0.3 is 0 Å². The van der Waals surface area contributed by atoms with Crippen LogP contribution < -0.4 is 16.0 Å². The summed E-state index contributed by atoms with van der Waals surface area (Å²) in [6, 6.07) is 0. The lowest BCUT2D eigenvalue weighted by Gasteiger charge is -2.27. The van der Waals surface area contributed by atoms with E-state index in [1.807, 2.05) is 14.0 Å². The molecule has 8 nitrogen and oxygen atoms in total. The monoisotopic (exact) mass is 315 g/mol. The Balaban J connectivity index is 1.94. The van der Waals surface area contributed by atoms with Crippen molar-refractivity contribution in [2.45, 2.75) is 26.2 Å². The maximum absolute atomic E-state index is 11.6. The van der Waals surface area contributed by atoms with Gasteiger partial charge in [0.05, 0.1) is 23.8 Å². The van der Waals surface area contributed by atoms with E-state index in [-0.39, 0.29) is 5.69 Å². The van der Waals surface area contributed by atoms with Gasteiger partial charge in [0.2, 0.25) is 0 Å². The normalized spacial score (nSPS) is 14.8. The van der Waals surface area contributed by atoms with Gasteiger partial charge < -0.3 is 16.0 Å². The molecule has 23 heavy (non-hydrogen) atoms. The zero-order chi connectivity index (χ0) is 16.4. The van der Waals surface area contributed by atoms with E-state index in [9.17, 15) is 4.79 Å². The first-order chi connectivity index (χ1) is 11.1. The van der Waals surface area contributed by atoms with Gasteiger partial charge in [-0.15, -0.1) is 0 Å². The maximum Gasteiger partial charge on any atom is 0.271 e. The van der Waals surface area contributed by atoms with Crippen LogP contribution in [0, 0.1) is 6.92 Å². The number of carbonyl (C=O) groups excluding carboxylic acids is 1. The zero-order valence-corrected chi connectivity index (χ0v) is 13.4. The Hall–Kier alpha value is -2.64. The fourth-order valence-corrected chi connectivity index (χ4v) is 2.67. The molecule has 0 spiro atoms. The number of nitrogens with two attached hydrogens (primary N) is 1. The standard InChI is InChI=1S/C15H21N7O/c1-10-11(8-18-21(10)2)19-15-13(14(16)23)17-9-12(20-15)22-6-4-3-5-7-22/h8-9H,3-7H2,1-2H3,(H2,16,23)(H,19,20). The summed E-state index contributed by atoms with van der Waals surface area (Å²) in [6.07, 6.45) is 6.83. The smallest absolute Gasteiger partial charge is 0.271 e. The lowest BCUT2D eigenvalue weighted by Crippen LogP contribution is -2.31. The van der Waals surface area contributed by atoms with Crippen molar-refractivity contribution in [3.05, 3.63) is 23.8 Å². The van der Waals surface area contributed by atoms with E-state index in [1.165, 1.54) is 6.42 Å². The fraction of sp³-hybridized carbons (Fsp3) is 0.467. The predicted molar refractivity (Wildman–Crippen MR) is 87.8 cm³/mol. The van der Waals surface area contributed by atoms with Crippen molar-refractivity contribution in [3.63, 3.8) is 0 Å². The van der Waals surface area contributed by atoms with Crippen molar-refractivity contribution < 1.29 is 4.79 Å². The molecule has 3 heterocycles. The van der Waals surface area contributed by atoms with E-state index in [0.717, 1.165) is 43.1 Å². The van der Waals surface area contributed by atoms with Crippen molar-refractivity contribution in [2.75, 3.05) is 23.3 Å². The number of aryl methyl sites for hydroxylation is 1. The second kappa shape index (κ2) is 6.23. The number of amides is 1. The molecule has 2 aromatic rings. The number of hydrogen-bond donors (Lipinski definition) is 2. The minimum Gasteiger partial charge on any atom is -0.364 e. The minimum atomic E-state index is -0.605. The SMILES string of the molecule is Cc1c(Nc2nc(N3CCCCC3)cnc2C(N)=O)cnn1C. The van der Waals surface area contributed by atoms with Crippen LogP contribution in [0.15, 0.2) is 12.4 Å². The summed E-state index contributed by atoms with van der Waals surface area (Å²) in [5, 5.41) is 7.32. The summed E-state index contributed by atoms with van der Waals surface area (Å²) >= 11 is 0. The largest absolute Gasteiger partial charge is 0.364 e. The molecule has 0 aromatic carbocycles. The molecular weight excluding hydrogens is 294 g/mol. The van der Waals surface area contributed by atoms with Crippen LogP contribution in [-0.4, -0.2) is 38.7 Å². The zero-order valence-electron chi connectivity index (χ0n) is 13.4. The summed E-state index contributed by atoms with van der Waals surface area (Å²) in [4.78, 5) is 22.6. The molecular formula is C15H21N7O. The van der Waals surface area contributed by atoms with Crippen molar-refractivity contribution in [3.8, 4) is 0 Å². The number of aromatic nitrogens is 4. The van der Waals surface area contributed by atoms with Crippen LogP contribution >= 0.6 is 0 Å². The molecule has 1 saturated heterocycles. The summed E-state index contributed by atoms with van der Waals surface area (Å²) in [5.74, 6) is 0.530. The molecule has 0 radical (unpaired) electrons. The van der Waals surface area contributed by atoms with Gasteiger partial charge in [0.15, 0.2) is 11.5 Å². The number of carbonyl (C=O) groups is 1. The molecule has 3 rings (SSSR count). The first kappa shape index (κ1) is 15.3. The molecule has 1 aliphatic heterocycles. The molecule has 8 heteroatoms. The summed E-state index contributed by atoms with van der Waals surface area (Å²) in [6.45, 7) is 3.84. The number of hydrogen-bond acceptors (Lipinski definition) is 6. The quantitative estimate of drug-likeness (QED) is 0.883. The topological polar surface area (TPSA) is 102 Å². The first-order valence-electron chi connectivity index (χ1n) is 7.73. The molecule has 2 aromatic heterocycles. The second-order valence-corrected chi connectivity index (χ2v) is 5.73. The van der Waals surface area contributed by atoms with Gasteiger partial charge in [0, 0.05) is 20.1 Å². The third kappa shape index (κ3) is 3.10. The highest BCUT2D eigenvalue weighted by Gasteiger charge is 2.18. The second-order valence-electron chi connectivity index (χ2n) is 5.73. The van der Waals surface area contributed by atoms with Gasteiger partial charge in [-0.1, -0.05) is 0 Å². The van der Waals surface area contributed by atoms with Crippen LogP contribution in [0.4, 0.5) is 17.3 Å². The Kier molecular flexibility index (Phi) is 4.14. The Morgan fingerprint density at radius 3 is 2.61 bits per heavy atom. The molecule has 1 aliphatic rings. The highest BCUT2D eigenvalue weighted by Crippen LogP contribution is 2.24. The molecule has 1 amide bonds. The number of piperidine rings is 1. The summed E-state index contributed by atoms with van der Waals surface area (Å²) in [7, 11) is 1.85. The van der Waals surface area contributed by atoms with Gasteiger partial charge in [-0.05, 0) is 26.2 Å². The van der Waals surface area contributed by atoms with Crippen molar-refractivity contribution in [1.29, 1.82) is 0 Å². The molecule has 122 valence electrons. The van der Waals surface area contributed by atoms with Crippen molar-refractivity contribution >= 4 is 23.2 Å². The Morgan fingerprint density at radius 1 is 1.26 bits per heavy atom. The number of rotatable bonds is 4. The van der Waals surface area contributed by atoms with E-state index in [2.05, 4.69) is 25.3 Å². The molecule has 0 unspecified atom stereocenters. The van der Waals surface area contributed by atoms with Crippen LogP contribution in [-0.2, 0) is 7.05 Å². The van der Waals surface area contributed by atoms with E-state index >= 15 is 0 Å². The van der Waals surface area contributed by atoms with Gasteiger partial charge in [0.25, 0.3) is 5.91 Å². The number of nitrogens with zero attached hydrogens (tertiary/aromatic N) is 5. The van der Waals surface area contributed by atoms with Crippen molar-refractivity contribution in [2.24, 2.45) is 12.8 Å². The van der Waals surface area contributed by atoms with Crippen LogP contribution in [0.5, 0.6) is 0 Å².